The number of hydrogen-bond acceptors (Lipinski definition) is 3. The molecule has 0 saturated carbocycles. The number of amides is 1. The van der Waals surface area contributed by atoms with Gasteiger partial charge in [0.15, 0.2) is 0 Å². The molecule has 100 valence electrons. The van der Waals surface area contributed by atoms with Gasteiger partial charge in [0.05, 0.1) is 12.1 Å². The molecule has 1 rings (SSSR count). The molecule has 4 nitrogen and oxygen atoms in total. The highest BCUT2D eigenvalue weighted by molar-refractivity contribution is 5.84. The number of ether oxygens (including phenoxy) is 1. The molecule has 0 unspecified atom stereocenters. The lowest BCUT2D eigenvalue weighted by Crippen LogP contribution is -2.49. The van der Waals surface area contributed by atoms with E-state index in [1.165, 1.54) is 0 Å². The molecule has 0 bridgehead atoms. The SMILES string of the molecule is Cc1cccc(C)c1OCCNC(=O)C(C)(C)N. The highest BCUT2D eigenvalue weighted by Gasteiger charge is 2.20. The number of carbonyl (C=O) groups is 1. The van der Waals surface area contributed by atoms with E-state index < -0.39 is 5.54 Å². The maximum atomic E-state index is 11.5. The first-order valence-electron chi connectivity index (χ1n) is 6.08. The molecule has 3 N–H and O–H groups in total. The largest absolute Gasteiger partial charge is 0.491 e. The molecule has 0 spiro atoms. The van der Waals surface area contributed by atoms with E-state index in [-0.39, 0.29) is 5.91 Å². The molecule has 0 atom stereocenters. The van der Waals surface area contributed by atoms with E-state index in [2.05, 4.69) is 5.32 Å². The Bertz CT molecular complexity index is 402. The van der Waals surface area contributed by atoms with Crippen LogP contribution in [0.4, 0.5) is 0 Å². The molecule has 0 fully saturated rings. The summed E-state index contributed by atoms with van der Waals surface area (Å²) in [5.41, 5.74) is 7.01. The summed E-state index contributed by atoms with van der Waals surface area (Å²) in [4.78, 5) is 11.5. The quantitative estimate of drug-likeness (QED) is 0.779. The van der Waals surface area contributed by atoms with Crippen molar-refractivity contribution in [2.24, 2.45) is 5.73 Å². The lowest BCUT2D eigenvalue weighted by molar-refractivity contribution is -0.125. The van der Waals surface area contributed by atoms with Gasteiger partial charge >= 0.3 is 0 Å². The van der Waals surface area contributed by atoms with E-state index in [0.29, 0.717) is 13.2 Å². The first-order valence-corrected chi connectivity index (χ1v) is 6.08. The van der Waals surface area contributed by atoms with E-state index in [1.807, 2.05) is 32.0 Å². The summed E-state index contributed by atoms with van der Waals surface area (Å²) in [6.07, 6.45) is 0. The van der Waals surface area contributed by atoms with E-state index in [1.54, 1.807) is 13.8 Å². The lowest BCUT2D eigenvalue weighted by atomic mass is 10.1. The highest BCUT2D eigenvalue weighted by Crippen LogP contribution is 2.21. The van der Waals surface area contributed by atoms with Crippen molar-refractivity contribution in [3.05, 3.63) is 29.3 Å². The zero-order chi connectivity index (χ0) is 13.8. The fourth-order valence-electron chi connectivity index (χ4n) is 1.57. The average Bonchev–Trinajstić information content (AvgIpc) is 2.25. The zero-order valence-electron chi connectivity index (χ0n) is 11.5. The summed E-state index contributed by atoms with van der Waals surface area (Å²) in [5.74, 6) is 0.714. The smallest absolute Gasteiger partial charge is 0.239 e. The molecule has 4 heteroatoms. The Labute approximate surface area is 109 Å². The van der Waals surface area contributed by atoms with Gasteiger partial charge in [-0.05, 0) is 38.8 Å². The third-order valence-electron chi connectivity index (χ3n) is 2.63. The molecule has 0 heterocycles. The van der Waals surface area contributed by atoms with Gasteiger partial charge in [0.25, 0.3) is 0 Å². The Hall–Kier alpha value is -1.55. The van der Waals surface area contributed by atoms with Gasteiger partial charge in [-0.2, -0.15) is 0 Å². The molecule has 1 aromatic carbocycles. The molecular weight excluding hydrogens is 228 g/mol. The van der Waals surface area contributed by atoms with E-state index >= 15 is 0 Å². The van der Waals surface area contributed by atoms with Crippen LogP contribution in [0.1, 0.15) is 25.0 Å². The first kappa shape index (κ1) is 14.5. The van der Waals surface area contributed by atoms with Crippen LogP contribution in [0, 0.1) is 13.8 Å². The van der Waals surface area contributed by atoms with Crippen LogP contribution in [0.2, 0.25) is 0 Å². The van der Waals surface area contributed by atoms with E-state index in [0.717, 1.165) is 16.9 Å². The van der Waals surface area contributed by atoms with Crippen LogP contribution in [0.15, 0.2) is 18.2 Å². The standard InChI is InChI=1S/C14H22N2O2/c1-10-6-5-7-11(2)12(10)18-9-8-16-13(17)14(3,4)15/h5-7H,8-9,15H2,1-4H3,(H,16,17). The fraction of sp³-hybridized carbons (Fsp3) is 0.500. The molecule has 0 aliphatic rings. The molecule has 18 heavy (non-hydrogen) atoms. The third kappa shape index (κ3) is 4.04. The van der Waals surface area contributed by atoms with E-state index in [9.17, 15) is 4.79 Å². The van der Waals surface area contributed by atoms with Crippen molar-refractivity contribution in [3.8, 4) is 5.75 Å². The van der Waals surface area contributed by atoms with E-state index in [4.69, 9.17) is 10.5 Å². The number of hydrogen-bond donors (Lipinski definition) is 2. The van der Waals surface area contributed by atoms with Crippen molar-refractivity contribution >= 4 is 5.91 Å². The number of nitrogens with two attached hydrogens (primary N) is 1. The fourth-order valence-corrected chi connectivity index (χ4v) is 1.57. The Morgan fingerprint density at radius 3 is 2.39 bits per heavy atom. The minimum atomic E-state index is -0.849. The van der Waals surface area contributed by atoms with Crippen LogP contribution in [-0.2, 0) is 4.79 Å². The van der Waals surface area contributed by atoms with Crippen LogP contribution >= 0.6 is 0 Å². The topological polar surface area (TPSA) is 64.3 Å². The zero-order valence-corrected chi connectivity index (χ0v) is 11.5. The van der Waals surface area contributed by atoms with Crippen molar-refractivity contribution < 1.29 is 9.53 Å². The van der Waals surface area contributed by atoms with Crippen molar-refractivity contribution in [1.29, 1.82) is 0 Å². The van der Waals surface area contributed by atoms with Crippen LogP contribution in [0.5, 0.6) is 5.75 Å². The normalized spacial score (nSPS) is 11.2. The van der Waals surface area contributed by atoms with Crippen molar-refractivity contribution in [2.45, 2.75) is 33.2 Å². The predicted molar refractivity (Wildman–Crippen MR) is 72.7 cm³/mol. The Balaban J connectivity index is 2.41. The highest BCUT2D eigenvalue weighted by atomic mass is 16.5. The van der Waals surface area contributed by atoms with Gasteiger partial charge in [-0.1, -0.05) is 18.2 Å². The maximum Gasteiger partial charge on any atom is 0.239 e. The van der Waals surface area contributed by atoms with Gasteiger partial charge in [-0.25, -0.2) is 0 Å². The second kappa shape index (κ2) is 5.87. The van der Waals surface area contributed by atoms with Gasteiger partial charge in [0.2, 0.25) is 5.91 Å². The molecular formula is C14H22N2O2. The van der Waals surface area contributed by atoms with Crippen molar-refractivity contribution in [1.82, 2.24) is 5.32 Å². The number of nitrogens with one attached hydrogen (secondary N) is 1. The molecule has 1 aromatic rings. The Kier molecular flexibility index (Phi) is 4.73. The lowest BCUT2D eigenvalue weighted by Gasteiger charge is -2.18. The summed E-state index contributed by atoms with van der Waals surface area (Å²) in [6, 6.07) is 6.00. The number of rotatable bonds is 5. The average molecular weight is 250 g/mol. The second-order valence-corrected chi connectivity index (χ2v) is 5.05. The van der Waals surface area contributed by atoms with Gasteiger partial charge in [0.1, 0.15) is 12.4 Å². The minimum absolute atomic E-state index is 0.174. The summed E-state index contributed by atoms with van der Waals surface area (Å²) in [6.45, 7) is 8.25. The maximum absolute atomic E-state index is 11.5. The van der Waals surface area contributed by atoms with Crippen LogP contribution in [0.3, 0.4) is 0 Å². The minimum Gasteiger partial charge on any atom is -0.491 e. The summed E-state index contributed by atoms with van der Waals surface area (Å²) < 4.78 is 5.68. The predicted octanol–water partition coefficient (Wildman–Crippen LogP) is 1.54. The molecule has 0 aliphatic heterocycles. The molecule has 0 radical (unpaired) electrons. The van der Waals surface area contributed by atoms with Crippen LogP contribution < -0.4 is 15.8 Å². The monoisotopic (exact) mass is 250 g/mol. The van der Waals surface area contributed by atoms with Gasteiger partial charge in [-0.15, -0.1) is 0 Å². The summed E-state index contributed by atoms with van der Waals surface area (Å²) in [7, 11) is 0. The molecule has 0 aromatic heterocycles. The van der Waals surface area contributed by atoms with Gasteiger partial charge in [0, 0.05) is 0 Å². The molecule has 0 saturated heterocycles. The first-order chi connectivity index (χ1) is 8.32. The number of carbonyl (C=O) groups excluding carboxylic acids is 1. The third-order valence-corrected chi connectivity index (χ3v) is 2.63. The van der Waals surface area contributed by atoms with Crippen LogP contribution in [-0.4, -0.2) is 24.6 Å². The Morgan fingerprint density at radius 1 is 1.33 bits per heavy atom. The van der Waals surface area contributed by atoms with Crippen molar-refractivity contribution in [3.63, 3.8) is 0 Å². The van der Waals surface area contributed by atoms with Gasteiger partial charge < -0.3 is 15.8 Å². The molecule has 1 amide bonds. The number of aryl methyl sites for hydroxylation is 2. The summed E-state index contributed by atoms with van der Waals surface area (Å²) in [5, 5.41) is 2.74. The molecule has 0 aliphatic carbocycles. The van der Waals surface area contributed by atoms with Crippen molar-refractivity contribution in [2.75, 3.05) is 13.2 Å². The van der Waals surface area contributed by atoms with Crippen LogP contribution in [0.25, 0.3) is 0 Å². The van der Waals surface area contributed by atoms with Gasteiger partial charge in [-0.3, -0.25) is 4.79 Å². The second-order valence-electron chi connectivity index (χ2n) is 5.05. The number of para-hydroxylation sites is 1. The Morgan fingerprint density at radius 2 is 1.89 bits per heavy atom. The summed E-state index contributed by atoms with van der Waals surface area (Å²) >= 11 is 0. The number of benzene rings is 1.